The number of aromatic nitrogens is 6. The minimum Gasteiger partial charge on any atom is -0.478 e. The average molecular weight is 755 g/mol. The summed E-state index contributed by atoms with van der Waals surface area (Å²) in [7, 11) is 3.33. The van der Waals surface area contributed by atoms with E-state index in [1.165, 1.54) is 7.11 Å². The van der Waals surface area contributed by atoms with E-state index in [1.54, 1.807) is 47.4 Å². The van der Waals surface area contributed by atoms with Gasteiger partial charge in [-0.2, -0.15) is 9.97 Å². The van der Waals surface area contributed by atoms with E-state index in [0.29, 0.717) is 121 Å². The minimum absolute atomic E-state index is 0.0102. The monoisotopic (exact) mass is 754 g/mol. The predicted octanol–water partition coefficient (Wildman–Crippen LogP) is 1.42. The number of methoxy groups -OCH3 is 1. The van der Waals surface area contributed by atoms with E-state index in [4.69, 9.17) is 48.6 Å². The molecule has 0 spiro atoms. The van der Waals surface area contributed by atoms with Crippen molar-refractivity contribution in [1.82, 2.24) is 34.6 Å². The van der Waals surface area contributed by atoms with Crippen molar-refractivity contribution in [1.29, 1.82) is 0 Å². The van der Waals surface area contributed by atoms with Gasteiger partial charge in [0.05, 0.1) is 118 Å². The van der Waals surface area contributed by atoms with Gasteiger partial charge >= 0.3 is 6.09 Å². The van der Waals surface area contributed by atoms with E-state index in [0.717, 1.165) is 0 Å². The molecule has 0 radical (unpaired) electrons. The predicted molar refractivity (Wildman–Crippen MR) is 193 cm³/mol. The van der Waals surface area contributed by atoms with Gasteiger partial charge < -0.3 is 63.7 Å². The number of hydrogen-bond acceptors (Lipinski definition) is 16. The zero-order chi connectivity index (χ0) is 38.1. The molecule has 1 fully saturated rings. The van der Waals surface area contributed by atoms with E-state index in [1.807, 2.05) is 7.05 Å². The third-order valence-electron chi connectivity index (χ3n) is 7.54. The van der Waals surface area contributed by atoms with Crippen LogP contribution in [0.1, 0.15) is 20.8 Å². The van der Waals surface area contributed by atoms with Crippen LogP contribution in [0.2, 0.25) is 0 Å². The van der Waals surface area contributed by atoms with Crippen LogP contribution in [0.15, 0.2) is 12.5 Å². The summed E-state index contributed by atoms with van der Waals surface area (Å²) in [6.45, 7) is 12.0. The quantitative estimate of drug-likeness (QED) is 0.105. The molecule has 0 saturated carbocycles. The number of carbonyl (C=O) groups is 1. The van der Waals surface area contributed by atoms with Crippen LogP contribution in [-0.4, -0.2) is 159 Å². The second kappa shape index (κ2) is 21.7. The van der Waals surface area contributed by atoms with Crippen LogP contribution in [0.5, 0.6) is 5.88 Å². The summed E-state index contributed by atoms with van der Waals surface area (Å²) >= 11 is 0. The Kier molecular flexibility index (Phi) is 17.1. The highest BCUT2D eigenvalue weighted by Gasteiger charge is 2.37. The lowest BCUT2D eigenvalue weighted by Crippen LogP contribution is -2.44. The van der Waals surface area contributed by atoms with Gasteiger partial charge in [-0.3, -0.25) is 4.68 Å². The average Bonchev–Trinajstić information content (AvgIpc) is 3.81. The summed E-state index contributed by atoms with van der Waals surface area (Å²) in [5.41, 5.74) is 6.24. The summed E-state index contributed by atoms with van der Waals surface area (Å²) in [5.74, 6) is 1.01. The number of amides is 1. The second-order valence-corrected chi connectivity index (χ2v) is 13.0. The Morgan fingerprint density at radius 1 is 0.906 bits per heavy atom. The van der Waals surface area contributed by atoms with E-state index in [-0.39, 0.29) is 19.0 Å². The Morgan fingerprint density at radius 2 is 1.49 bits per heavy atom. The molecule has 4 heterocycles. The van der Waals surface area contributed by atoms with Crippen molar-refractivity contribution in [3.63, 3.8) is 0 Å². The van der Waals surface area contributed by atoms with Gasteiger partial charge in [-0.15, -0.1) is 5.10 Å². The first-order chi connectivity index (χ1) is 25.6. The van der Waals surface area contributed by atoms with Crippen LogP contribution in [0.25, 0.3) is 11.2 Å². The van der Waals surface area contributed by atoms with Crippen LogP contribution in [0.3, 0.4) is 0 Å². The summed E-state index contributed by atoms with van der Waals surface area (Å²) < 4.78 is 62.2. The van der Waals surface area contributed by atoms with Crippen molar-refractivity contribution in [3.8, 4) is 5.88 Å². The van der Waals surface area contributed by atoms with Crippen molar-refractivity contribution >= 4 is 34.7 Å². The molecule has 2 atom stereocenters. The van der Waals surface area contributed by atoms with Gasteiger partial charge in [0.25, 0.3) is 5.88 Å². The molecule has 20 heteroatoms. The molecule has 19 nitrogen and oxygen atoms in total. The number of aryl methyl sites for hydroxylation is 1. The highest BCUT2D eigenvalue weighted by atomic mass is 19.1. The smallest absolute Gasteiger partial charge is 0.408 e. The van der Waals surface area contributed by atoms with E-state index < -0.39 is 23.9 Å². The maximum Gasteiger partial charge on any atom is 0.408 e. The van der Waals surface area contributed by atoms with Crippen LogP contribution in [0.4, 0.5) is 26.6 Å². The third kappa shape index (κ3) is 14.1. The number of imidazole rings is 1. The highest BCUT2D eigenvalue weighted by molar-refractivity contribution is 5.87. The Hall–Kier alpha value is -3.92. The van der Waals surface area contributed by atoms with Crippen LogP contribution in [-0.2, 0) is 46.8 Å². The van der Waals surface area contributed by atoms with Crippen molar-refractivity contribution in [2.24, 2.45) is 12.8 Å². The topological polar surface area (TPSA) is 206 Å². The van der Waals surface area contributed by atoms with Crippen molar-refractivity contribution in [2.45, 2.75) is 45.1 Å². The van der Waals surface area contributed by atoms with Gasteiger partial charge in [0.15, 0.2) is 17.0 Å². The fourth-order valence-corrected chi connectivity index (χ4v) is 5.07. The maximum atomic E-state index is 15.1. The summed E-state index contributed by atoms with van der Waals surface area (Å²) in [5, 5.41) is 10.4. The summed E-state index contributed by atoms with van der Waals surface area (Å²) in [6, 6.07) is -0.792. The molecule has 0 aromatic carbocycles. The van der Waals surface area contributed by atoms with Gasteiger partial charge in [-0.1, -0.05) is 0 Å². The van der Waals surface area contributed by atoms with Crippen LogP contribution >= 0.6 is 0 Å². The van der Waals surface area contributed by atoms with E-state index >= 15 is 4.39 Å². The fourth-order valence-electron chi connectivity index (χ4n) is 5.07. The maximum absolute atomic E-state index is 15.1. The number of carbonyl (C=O) groups excluding carboxylic acids is 1. The lowest BCUT2D eigenvalue weighted by atomic mass is 10.2. The molecule has 1 aliphatic rings. The van der Waals surface area contributed by atoms with Crippen LogP contribution in [0, 0.1) is 0 Å². The van der Waals surface area contributed by atoms with Gasteiger partial charge in [0, 0.05) is 20.1 Å². The number of nitrogens with one attached hydrogen (secondary N) is 2. The molecule has 0 aliphatic carbocycles. The molecular weight excluding hydrogens is 699 g/mol. The molecular formula is C33H55FN10O9. The van der Waals surface area contributed by atoms with Crippen molar-refractivity contribution < 1.29 is 47.1 Å². The molecule has 1 unspecified atom stereocenters. The first kappa shape index (κ1) is 41.8. The number of nitrogens with zero attached hydrogens (tertiary/aromatic N) is 7. The summed E-state index contributed by atoms with van der Waals surface area (Å²) in [4.78, 5) is 27.8. The molecule has 298 valence electrons. The number of ether oxygens (including phenoxy) is 8. The first-order valence-corrected chi connectivity index (χ1v) is 17.7. The van der Waals surface area contributed by atoms with Crippen molar-refractivity contribution in [3.05, 3.63) is 12.5 Å². The molecule has 53 heavy (non-hydrogen) atoms. The number of alkyl halides is 1. The van der Waals surface area contributed by atoms with Gasteiger partial charge in [-0.05, 0) is 20.8 Å². The standard InChI is InChI=1S/C33H55FN10O9/c1-33(2,3)53-32(45)38-25-21-43(20-24(25)34)31-39-28(27-29(40-31)42(4)23-36-27)37-26-22-44(41-30(26)46-5)7-9-48-11-13-50-15-17-52-19-18-51-16-14-49-12-10-47-8-6-35/h22-25H,6-21,35H2,1-5H3,(H,38,45)(H,37,39,40)/t24-,25?/m1/s1. The van der Waals surface area contributed by atoms with Crippen LogP contribution < -0.4 is 26.0 Å². The molecule has 3 aromatic rings. The number of anilines is 3. The van der Waals surface area contributed by atoms with Gasteiger partial charge in [0.2, 0.25) is 5.95 Å². The molecule has 1 amide bonds. The largest absolute Gasteiger partial charge is 0.478 e. The lowest BCUT2D eigenvalue weighted by Gasteiger charge is -2.22. The normalized spacial score (nSPS) is 16.1. The highest BCUT2D eigenvalue weighted by Crippen LogP contribution is 2.31. The number of rotatable bonds is 25. The summed E-state index contributed by atoms with van der Waals surface area (Å²) in [6.07, 6.45) is 1.37. The van der Waals surface area contributed by atoms with Gasteiger partial charge in [0.1, 0.15) is 17.5 Å². The Labute approximate surface area is 308 Å². The third-order valence-corrected chi connectivity index (χ3v) is 7.54. The Morgan fingerprint density at radius 3 is 2.06 bits per heavy atom. The fraction of sp³-hybridized carbons (Fsp3) is 0.727. The Bertz CT molecular complexity index is 1520. The lowest BCUT2D eigenvalue weighted by molar-refractivity contribution is -0.0167. The van der Waals surface area contributed by atoms with Crippen molar-refractivity contribution in [2.75, 3.05) is 116 Å². The van der Waals surface area contributed by atoms with Gasteiger partial charge in [-0.25, -0.2) is 14.2 Å². The molecule has 3 aromatic heterocycles. The number of hydrogen-bond donors (Lipinski definition) is 3. The zero-order valence-electron chi connectivity index (χ0n) is 31.4. The Balaban J connectivity index is 1.17. The zero-order valence-corrected chi connectivity index (χ0v) is 31.4. The van der Waals surface area contributed by atoms with E-state index in [9.17, 15) is 4.79 Å². The second-order valence-electron chi connectivity index (χ2n) is 13.0. The molecule has 1 saturated heterocycles. The number of nitrogens with two attached hydrogens (primary N) is 1. The number of fused-ring (bicyclic) bond motifs is 1. The molecule has 4 N–H and O–H groups in total. The number of halogens is 1. The molecule has 0 bridgehead atoms. The molecule has 4 rings (SSSR count). The first-order valence-electron chi connectivity index (χ1n) is 17.7. The number of alkyl carbamates (subject to hydrolysis) is 1. The SMILES string of the molecule is COc1nn(CCOCCOCCOCCOCCOCCOCCN)cc1Nc1nc(N2CC(NC(=O)OC(C)(C)C)[C@H](F)C2)nc2c1ncn2C. The van der Waals surface area contributed by atoms with E-state index in [2.05, 4.69) is 25.7 Å². The minimum atomic E-state index is -1.35. The molecule has 1 aliphatic heterocycles.